The third kappa shape index (κ3) is 2.65. The van der Waals surface area contributed by atoms with E-state index in [2.05, 4.69) is 5.16 Å². The van der Waals surface area contributed by atoms with E-state index in [1.54, 1.807) is 38.5 Å². The van der Waals surface area contributed by atoms with Gasteiger partial charge in [0, 0.05) is 17.2 Å². The maximum absolute atomic E-state index is 13.3. The molecular weight excluding hydrogens is 285 g/mol. The normalized spacial score (nSPS) is 10.5. The van der Waals surface area contributed by atoms with Crippen LogP contribution < -0.4 is 9.47 Å². The monoisotopic (exact) mass is 299 g/mol. The van der Waals surface area contributed by atoms with E-state index < -0.39 is 0 Å². The van der Waals surface area contributed by atoms with Crippen molar-refractivity contribution in [3.05, 3.63) is 54.3 Å². The van der Waals surface area contributed by atoms with Crippen molar-refractivity contribution >= 4 is 0 Å². The van der Waals surface area contributed by atoms with Gasteiger partial charge in [-0.05, 0) is 30.3 Å². The highest BCUT2D eigenvalue weighted by molar-refractivity contribution is 5.68. The van der Waals surface area contributed by atoms with Gasteiger partial charge in [-0.3, -0.25) is 0 Å². The number of hydrogen-bond acceptors (Lipinski definition) is 4. The van der Waals surface area contributed by atoms with Crippen molar-refractivity contribution in [1.82, 2.24) is 5.16 Å². The van der Waals surface area contributed by atoms with Crippen LogP contribution in [-0.2, 0) is 0 Å². The molecule has 5 heteroatoms. The highest BCUT2D eigenvalue weighted by atomic mass is 19.1. The highest BCUT2D eigenvalue weighted by Gasteiger charge is 2.12. The van der Waals surface area contributed by atoms with Crippen LogP contribution in [-0.4, -0.2) is 19.4 Å². The van der Waals surface area contributed by atoms with Crippen molar-refractivity contribution in [3.8, 4) is 34.1 Å². The van der Waals surface area contributed by atoms with Crippen molar-refractivity contribution in [2.45, 2.75) is 0 Å². The van der Waals surface area contributed by atoms with Gasteiger partial charge in [-0.1, -0.05) is 17.3 Å². The number of benzene rings is 2. The number of ether oxygens (including phenoxy) is 2. The Kier molecular flexibility index (Phi) is 3.78. The lowest BCUT2D eigenvalue weighted by atomic mass is 10.1. The number of halogens is 1. The molecule has 0 aliphatic heterocycles. The zero-order valence-electron chi connectivity index (χ0n) is 12.2. The van der Waals surface area contributed by atoms with Crippen molar-refractivity contribution in [2.75, 3.05) is 14.2 Å². The fraction of sp³-hybridized carbons (Fsp3) is 0.118. The largest absolute Gasteiger partial charge is 0.493 e. The lowest BCUT2D eigenvalue weighted by molar-refractivity contribution is 0.355. The summed E-state index contributed by atoms with van der Waals surface area (Å²) in [6, 6.07) is 13.4. The molecule has 1 heterocycles. The first-order valence-corrected chi connectivity index (χ1v) is 6.66. The van der Waals surface area contributed by atoms with Gasteiger partial charge in [-0.2, -0.15) is 0 Å². The summed E-state index contributed by atoms with van der Waals surface area (Å²) in [7, 11) is 3.15. The van der Waals surface area contributed by atoms with E-state index in [9.17, 15) is 4.39 Å². The van der Waals surface area contributed by atoms with Crippen molar-refractivity contribution < 1.29 is 18.4 Å². The summed E-state index contributed by atoms with van der Waals surface area (Å²) in [5.41, 5.74) is 2.10. The molecule has 0 unspecified atom stereocenters. The van der Waals surface area contributed by atoms with Gasteiger partial charge < -0.3 is 14.0 Å². The molecule has 0 atom stereocenters. The molecule has 4 nitrogen and oxygen atoms in total. The van der Waals surface area contributed by atoms with Gasteiger partial charge in [-0.15, -0.1) is 0 Å². The molecule has 0 amide bonds. The third-order valence-electron chi connectivity index (χ3n) is 3.30. The van der Waals surface area contributed by atoms with Gasteiger partial charge in [0.1, 0.15) is 11.5 Å². The number of aromatic nitrogens is 1. The van der Waals surface area contributed by atoms with Crippen molar-refractivity contribution in [3.63, 3.8) is 0 Å². The van der Waals surface area contributed by atoms with Crippen LogP contribution in [0.15, 0.2) is 53.1 Å². The minimum Gasteiger partial charge on any atom is -0.493 e. The van der Waals surface area contributed by atoms with E-state index in [1.807, 2.05) is 12.1 Å². The molecule has 0 aliphatic rings. The lowest BCUT2D eigenvalue weighted by Gasteiger charge is -2.07. The fourth-order valence-electron chi connectivity index (χ4n) is 2.18. The number of rotatable bonds is 4. The van der Waals surface area contributed by atoms with Crippen molar-refractivity contribution in [1.29, 1.82) is 0 Å². The predicted octanol–water partition coefficient (Wildman–Crippen LogP) is 4.16. The Bertz CT molecular complexity index is 798. The average Bonchev–Trinajstić information content (AvgIpc) is 3.04. The molecule has 22 heavy (non-hydrogen) atoms. The second-order valence-corrected chi connectivity index (χ2v) is 4.66. The van der Waals surface area contributed by atoms with Crippen LogP contribution in [0.1, 0.15) is 0 Å². The Hall–Kier alpha value is -2.82. The summed E-state index contributed by atoms with van der Waals surface area (Å²) < 4.78 is 29.1. The average molecular weight is 299 g/mol. The van der Waals surface area contributed by atoms with Crippen LogP contribution in [0, 0.1) is 5.82 Å². The van der Waals surface area contributed by atoms with Crippen LogP contribution in [0.2, 0.25) is 0 Å². The maximum Gasteiger partial charge on any atom is 0.167 e. The standard InChI is InChI=1S/C17H14FNO3/c1-20-15-7-6-11(9-17(15)21-2)14-10-16(22-19-14)12-4-3-5-13(18)8-12/h3-10H,1-2H3. The quantitative estimate of drug-likeness (QED) is 0.725. The summed E-state index contributed by atoms with van der Waals surface area (Å²) >= 11 is 0. The fourth-order valence-corrected chi connectivity index (χ4v) is 2.18. The Labute approximate surface area is 127 Å². The topological polar surface area (TPSA) is 44.5 Å². The van der Waals surface area contributed by atoms with E-state index in [4.69, 9.17) is 14.0 Å². The number of nitrogens with zero attached hydrogens (tertiary/aromatic N) is 1. The number of hydrogen-bond donors (Lipinski definition) is 0. The Morgan fingerprint density at radius 2 is 1.73 bits per heavy atom. The molecule has 0 bridgehead atoms. The maximum atomic E-state index is 13.3. The lowest BCUT2D eigenvalue weighted by Crippen LogP contribution is -1.90. The molecule has 0 aliphatic carbocycles. The molecule has 0 saturated carbocycles. The molecule has 2 aromatic carbocycles. The van der Waals surface area contributed by atoms with Gasteiger partial charge in [0.2, 0.25) is 0 Å². The SMILES string of the molecule is COc1ccc(-c2cc(-c3cccc(F)c3)on2)cc1OC. The van der Waals surface area contributed by atoms with E-state index in [-0.39, 0.29) is 5.82 Å². The molecule has 0 radical (unpaired) electrons. The Balaban J connectivity index is 1.97. The Morgan fingerprint density at radius 1 is 0.909 bits per heavy atom. The third-order valence-corrected chi connectivity index (χ3v) is 3.30. The summed E-state index contributed by atoms with van der Waals surface area (Å²) in [5, 5.41) is 4.03. The van der Waals surface area contributed by atoms with Crippen LogP contribution in [0.4, 0.5) is 4.39 Å². The zero-order chi connectivity index (χ0) is 15.5. The van der Waals surface area contributed by atoms with Crippen LogP contribution >= 0.6 is 0 Å². The van der Waals surface area contributed by atoms with E-state index >= 15 is 0 Å². The van der Waals surface area contributed by atoms with Gasteiger partial charge in [-0.25, -0.2) is 4.39 Å². The molecule has 3 rings (SSSR count). The summed E-state index contributed by atoms with van der Waals surface area (Å²) in [4.78, 5) is 0. The van der Waals surface area contributed by atoms with Crippen LogP contribution in [0.5, 0.6) is 11.5 Å². The molecular formula is C17H14FNO3. The van der Waals surface area contributed by atoms with E-state index in [0.717, 1.165) is 5.56 Å². The predicted molar refractivity (Wildman–Crippen MR) is 80.4 cm³/mol. The highest BCUT2D eigenvalue weighted by Crippen LogP contribution is 2.33. The van der Waals surface area contributed by atoms with Crippen LogP contribution in [0.25, 0.3) is 22.6 Å². The zero-order valence-corrected chi connectivity index (χ0v) is 12.2. The smallest absolute Gasteiger partial charge is 0.167 e. The second kappa shape index (κ2) is 5.89. The first-order chi connectivity index (χ1) is 10.7. The second-order valence-electron chi connectivity index (χ2n) is 4.66. The molecule has 0 saturated heterocycles. The first-order valence-electron chi connectivity index (χ1n) is 6.66. The molecule has 112 valence electrons. The first kappa shape index (κ1) is 14.1. The van der Waals surface area contributed by atoms with Gasteiger partial charge in [0.05, 0.1) is 14.2 Å². The van der Waals surface area contributed by atoms with Crippen LogP contribution in [0.3, 0.4) is 0 Å². The minimum atomic E-state index is -0.318. The van der Waals surface area contributed by atoms with Gasteiger partial charge >= 0.3 is 0 Å². The summed E-state index contributed by atoms with van der Waals surface area (Å²) in [5.74, 6) is 1.43. The van der Waals surface area contributed by atoms with Gasteiger partial charge in [0.25, 0.3) is 0 Å². The molecule has 0 fully saturated rings. The van der Waals surface area contributed by atoms with E-state index in [1.165, 1.54) is 12.1 Å². The summed E-state index contributed by atoms with van der Waals surface area (Å²) in [6.45, 7) is 0. The Morgan fingerprint density at radius 3 is 2.45 bits per heavy atom. The molecule has 0 spiro atoms. The number of methoxy groups -OCH3 is 2. The summed E-state index contributed by atoms with van der Waals surface area (Å²) in [6.07, 6.45) is 0. The van der Waals surface area contributed by atoms with Gasteiger partial charge in [0.15, 0.2) is 17.3 Å². The minimum absolute atomic E-state index is 0.318. The molecule has 3 aromatic rings. The van der Waals surface area contributed by atoms with Crippen molar-refractivity contribution in [2.24, 2.45) is 0 Å². The molecule has 0 N–H and O–H groups in total. The van der Waals surface area contributed by atoms with E-state index in [0.29, 0.717) is 28.5 Å². The molecule has 1 aromatic heterocycles.